The van der Waals surface area contributed by atoms with Crippen molar-refractivity contribution in [3.63, 3.8) is 0 Å². The van der Waals surface area contributed by atoms with E-state index >= 15 is 0 Å². The van der Waals surface area contributed by atoms with Gasteiger partial charge in [-0.05, 0) is 37.0 Å². The summed E-state index contributed by atoms with van der Waals surface area (Å²) in [6.07, 6.45) is 5.26. The number of nitrogens with zero attached hydrogens (tertiary/aromatic N) is 2. The van der Waals surface area contributed by atoms with E-state index in [1.165, 1.54) is 6.42 Å². The highest BCUT2D eigenvalue weighted by atomic mass is 16.2. The van der Waals surface area contributed by atoms with Crippen LogP contribution in [0.2, 0.25) is 0 Å². The van der Waals surface area contributed by atoms with Crippen LogP contribution in [0.3, 0.4) is 0 Å². The second-order valence-electron chi connectivity index (χ2n) is 5.19. The fraction of sp³-hybridized carbons (Fsp3) is 0.375. The van der Waals surface area contributed by atoms with Gasteiger partial charge in [0, 0.05) is 25.1 Å². The number of rotatable bonds is 1. The number of hydrogen-bond acceptors (Lipinski definition) is 2. The van der Waals surface area contributed by atoms with Gasteiger partial charge in [-0.15, -0.1) is 0 Å². The lowest BCUT2D eigenvalue weighted by Gasteiger charge is -2.35. The number of fused-ring (bicyclic) bond motifs is 1. The second-order valence-corrected chi connectivity index (χ2v) is 5.19. The third-order valence-electron chi connectivity index (χ3n) is 3.90. The number of carbonyl (C=O) groups excluding carboxylic acids is 1. The molecule has 0 radical (unpaired) electrons. The first-order valence-electron chi connectivity index (χ1n) is 6.87. The minimum Gasteiger partial charge on any atom is -0.336 e. The Morgan fingerprint density at radius 3 is 3.00 bits per heavy atom. The highest BCUT2D eigenvalue weighted by Crippen LogP contribution is 2.31. The van der Waals surface area contributed by atoms with Gasteiger partial charge in [0.2, 0.25) is 5.91 Å². The van der Waals surface area contributed by atoms with Crippen molar-refractivity contribution in [3.05, 3.63) is 42.1 Å². The van der Waals surface area contributed by atoms with Crippen molar-refractivity contribution >= 4 is 16.8 Å². The van der Waals surface area contributed by atoms with Gasteiger partial charge in [-0.3, -0.25) is 9.78 Å². The van der Waals surface area contributed by atoms with Crippen molar-refractivity contribution in [2.24, 2.45) is 0 Å². The van der Waals surface area contributed by atoms with E-state index in [0.717, 1.165) is 35.9 Å². The monoisotopic (exact) mass is 254 g/mol. The van der Waals surface area contributed by atoms with E-state index in [-0.39, 0.29) is 11.9 Å². The van der Waals surface area contributed by atoms with Crippen LogP contribution in [-0.2, 0) is 4.79 Å². The van der Waals surface area contributed by atoms with Crippen molar-refractivity contribution < 1.29 is 4.79 Å². The lowest BCUT2D eigenvalue weighted by atomic mass is 9.95. The van der Waals surface area contributed by atoms with Crippen molar-refractivity contribution in [1.82, 2.24) is 9.88 Å². The first kappa shape index (κ1) is 12.2. The first-order chi connectivity index (χ1) is 9.25. The van der Waals surface area contributed by atoms with Crippen molar-refractivity contribution in [3.8, 4) is 0 Å². The highest BCUT2D eigenvalue weighted by molar-refractivity contribution is 5.79. The number of hydrogen-bond donors (Lipinski definition) is 0. The van der Waals surface area contributed by atoms with Gasteiger partial charge in [-0.2, -0.15) is 0 Å². The normalized spacial score (nSPS) is 19.6. The summed E-state index contributed by atoms with van der Waals surface area (Å²) in [5.74, 6) is 0.165. The zero-order valence-electron chi connectivity index (χ0n) is 11.2. The number of pyridine rings is 1. The number of likely N-dealkylation sites (tertiary alicyclic amines) is 1. The largest absolute Gasteiger partial charge is 0.336 e. The van der Waals surface area contributed by atoms with Crippen LogP contribution in [-0.4, -0.2) is 22.3 Å². The van der Waals surface area contributed by atoms with E-state index in [0.29, 0.717) is 0 Å². The number of amides is 1. The molecule has 98 valence electrons. The highest BCUT2D eigenvalue weighted by Gasteiger charge is 2.26. The van der Waals surface area contributed by atoms with Gasteiger partial charge < -0.3 is 4.90 Å². The molecule has 3 heteroatoms. The number of carbonyl (C=O) groups is 1. The Morgan fingerprint density at radius 1 is 1.32 bits per heavy atom. The van der Waals surface area contributed by atoms with Gasteiger partial charge in [0.15, 0.2) is 0 Å². The number of piperidine rings is 1. The van der Waals surface area contributed by atoms with E-state index in [1.54, 1.807) is 6.92 Å². The quantitative estimate of drug-likeness (QED) is 0.782. The molecular formula is C16H18N2O. The Morgan fingerprint density at radius 2 is 2.16 bits per heavy atom. The molecule has 1 saturated heterocycles. The molecule has 2 heterocycles. The average molecular weight is 254 g/mol. The molecule has 19 heavy (non-hydrogen) atoms. The molecule has 1 aromatic heterocycles. The van der Waals surface area contributed by atoms with Crippen LogP contribution in [0.5, 0.6) is 0 Å². The van der Waals surface area contributed by atoms with Crippen LogP contribution in [0.25, 0.3) is 10.9 Å². The predicted molar refractivity (Wildman–Crippen MR) is 75.7 cm³/mol. The third kappa shape index (κ3) is 2.33. The summed E-state index contributed by atoms with van der Waals surface area (Å²) in [5, 5.41) is 1.15. The minimum atomic E-state index is 0.165. The van der Waals surface area contributed by atoms with Gasteiger partial charge in [-0.1, -0.05) is 18.2 Å². The molecule has 3 nitrogen and oxygen atoms in total. The lowest BCUT2D eigenvalue weighted by Crippen LogP contribution is -2.36. The smallest absolute Gasteiger partial charge is 0.219 e. The zero-order chi connectivity index (χ0) is 13.2. The Hall–Kier alpha value is -1.90. The SMILES string of the molecule is CC(=O)N1CCCCC1c1cnc2ccccc2c1. The number of benzene rings is 1. The van der Waals surface area contributed by atoms with E-state index in [1.807, 2.05) is 29.3 Å². The number of para-hydroxylation sites is 1. The van der Waals surface area contributed by atoms with E-state index in [9.17, 15) is 4.79 Å². The Bertz CT molecular complexity index is 608. The summed E-state index contributed by atoms with van der Waals surface area (Å²) < 4.78 is 0. The molecular weight excluding hydrogens is 236 g/mol. The molecule has 1 atom stereocenters. The fourth-order valence-electron chi connectivity index (χ4n) is 2.93. The lowest BCUT2D eigenvalue weighted by molar-refractivity contribution is -0.132. The molecule has 1 fully saturated rings. The Kier molecular flexibility index (Phi) is 3.20. The average Bonchev–Trinajstić information content (AvgIpc) is 2.46. The van der Waals surface area contributed by atoms with Gasteiger partial charge in [0.25, 0.3) is 0 Å². The Labute approximate surface area is 113 Å². The molecule has 1 aliphatic rings. The van der Waals surface area contributed by atoms with Gasteiger partial charge >= 0.3 is 0 Å². The van der Waals surface area contributed by atoms with Crippen LogP contribution in [0.4, 0.5) is 0 Å². The molecule has 0 bridgehead atoms. The van der Waals surface area contributed by atoms with Crippen LogP contribution < -0.4 is 0 Å². The molecule has 1 amide bonds. The molecule has 1 aromatic carbocycles. The van der Waals surface area contributed by atoms with E-state index < -0.39 is 0 Å². The van der Waals surface area contributed by atoms with Gasteiger partial charge in [0.05, 0.1) is 11.6 Å². The maximum absolute atomic E-state index is 11.8. The molecule has 0 N–H and O–H groups in total. The molecule has 3 rings (SSSR count). The van der Waals surface area contributed by atoms with Gasteiger partial charge in [-0.25, -0.2) is 0 Å². The fourth-order valence-corrected chi connectivity index (χ4v) is 2.93. The van der Waals surface area contributed by atoms with Crippen LogP contribution in [0, 0.1) is 0 Å². The summed E-state index contributed by atoms with van der Waals surface area (Å²) in [6, 6.07) is 10.5. The molecule has 0 saturated carbocycles. The van der Waals surface area contributed by atoms with Crippen molar-refractivity contribution in [1.29, 1.82) is 0 Å². The van der Waals surface area contributed by atoms with Crippen molar-refractivity contribution in [2.75, 3.05) is 6.54 Å². The van der Waals surface area contributed by atoms with Crippen molar-refractivity contribution in [2.45, 2.75) is 32.2 Å². The first-order valence-corrected chi connectivity index (χ1v) is 6.87. The molecule has 1 unspecified atom stereocenters. The summed E-state index contributed by atoms with van der Waals surface area (Å²) >= 11 is 0. The third-order valence-corrected chi connectivity index (χ3v) is 3.90. The summed E-state index contributed by atoms with van der Waals surface area (Å²) in [6.45, 7) is 2.53. The molecule has 0 aliphatic carbocycles. The van der Waals surface area contributed by atoms with Crippen LogP contribution in [0.15, 0.2) is 36.5 Å². The predicted octanol–water partition coefficient (Wildman–Crippen LogP) is 3.31. The summed E-state index contributed by atoms with van der Waals surface area (Å²) in [5.41, 5.74) is 2.17. The minimum absolute atomic E-state index is 0.165. The zero-order valence-corrected chi connectivity index (χ0v) is 11.2. The van der Waals surface area contributed by atoms with E-state index in [4.69, 9.17) is 0 Å². The molecule has 1 aliphatic heterocycles. The maximum atomic E-state index is 11.8. The van der Waals surface area contributed by atoms with E-state index in [2.05, 4.69) is 17.1 Å². The topological polar surface area (TPSA) is 33.2 Å². The summed E-state index contributed by atoms with van der Waals surface area (Å²) in [4.78, 5) is 18.2. The second kappa shape index (κ2) is 5.00. The molecule has 0 spiro atoms. The van der Waals surface area contributed by atoms with Crippen LogP contribution >= 0.6 is 0 Å². The Balaban J connectivity index is 1.99. The number of aromatic nitrogens is 1. The maximum Gasteiger partial charge on any atom is 0.219 e. The standard InChI is InChI=1S/C16H18N2O/c1-12(19)18-9-5-4-8-16(18)14-10-13-6-2-3-7-15(13)17-11-14/h2-3,6-7,10-11,16H,4-5,8-9H2,1H3. The van der Waals surface area contributed by atoms with Crippen LogP contribution in [0.1, 0.15) is 37.8 Å². The molecule has 2 aromatic rings. The summed E-state index contributed by atoms with van der Waals surface area (Å²) in [7, 11) is 0. The van der Waals surface area contributed by atoms with Gasteiger partial charge in [0.1, 0.15) is 0 Å².